The molecule has 0 bridgehead atoms. The van der Waals surface area contributed by atoms with Crippen LogP contribution in [0.1, 0.15) is 23.5 Å². The van der Waals surface area contributed by atoms with Gasteiger partial charge in [0.2, 0.25) is 5.91 Å². The summed E-state index contributed by atoms with van der Waals surface area (Å²) < 4.78 is 0. The van der Waals surface area contributed by atoms with E-state index in [0.29, 0.717) is 23.5 Å². The zero-order chi connectivity index (χ0) is 14.9. The van der Waals surface area contributed by atoms with Gasteiger partial charge in [0.25, 0.3) is 5.56 Å². The first kappa shape index (κ1) is 14.7. The summed E-state index contributed by atoms with van der Waals surface area (Å²) in [4.78, 5) is 32.0. The predicted molar refractivity (Wildman–Crippen MR) is 71.2 cm³/mol. The Labute approximate surface area is 116 Å². The third kappa shape index (κ3) is 3.05. The summed E-state index contributed by atoms with van der Waals surface area (Å²) in [6.45, 7) is 3.73. The third-order valence-electron chi connectivity index (χ3n) is 3.54. The van der Waals surface area contributed by atoms with E-state index in [9.17, 15) is 19.8 Å². The minimum atomic E-state index is -0.884. The Bertz CT molecular complexity index is 559. The van der Waals surface area contributed by atoms with Gasteiger partial charge in [-0.15, -0.1) is 0 Å². The molecule has 3 N–H and O–H groups in total. The highest BCUT2D eigenvalue weighted by Crippen LogP contribution is 2.12. The van der Waals surface area contributed by atoms with E-state index in [1.54, 1.807) is 13.8 Å². The van der Waals surface area contributed by atoms with Crippen molar-refractivity contribution in [3.63, 3.8) is 0 Å². The molecule has 1 aliphatic heterocycles. The molecule has 20 heavy (non-hydrogen) atoms. The second-order valence-electron chi connectivity index (χ2n) is 5.15. The number of nitrogens with zero attached hydrogens (tertiary/aromatic N) is 2. The summed E-state index contributed by atoms with van der Waals surface area (Å²) in [5.74, 6) is 0.369. The highest BCUT2D eigenvalue weighted by Gasteiger charge is 2.32. The lowest BCUT2D eigenvalue weighted by Gasteiger charge is -2.15. The standard InChI is InChI=1S/C13H19N3O4/c1-7-9(13(20)15-8(2)14-7)3-4-12(19)16-5-10(17)11(18)6-16/h10-11,17-18H,3-6H2,1-2H3,(H,14,15,20). The minimum Gasteiger partial charge on any atom is -0.388 e. The molecule has 110 valence electrons. The van der Waals surface area contributed by atoms with Crippen LogP contribution >= 0.6 is 0 Å². The Balaban J connectivity index is 1.99. The molecule has 0 saturated carbocycles. The first-order chi connectivity index (χ1) is 9.38. The zero-order valence-corrected chi connectivity index (χ0v) is 11.6. The maximum atomic E-state index is 12.0. The first-order valence-electron chi connectivity index (χ1n) is 6.58. The number of hydrogen-bond acceptors (Lipinski definition) is 5. The average Bonchev–Trinajstić information content (AvgIpc) is 2.68. The summed E-state index contributed by atoms with van der Waals surface area (Å²) in [7, 11) is 0. The predicted octanol–water partition coefficient (Wildman–Crippen LogP) is -1.12. The van der Waals surface area contributed by atoms with Gasteiger partial charge < -0.3 is 20.1 Å². The summed E-state index contributed by atoms with van der Waals surface area (Å²) in [6.07, 6.45) is -1.31. The van der Waals surface area contributed by atoms with E-state index in [1.165, 1.54) is 4.90 Å². The lowest BCUT2D eigenvalue weighted by atomic mass is 10.1. The topological polar surface area (TPSA) is 107 Å². The Kier molecular flexibility index (Phi) is 4.20. The van der Waals surface area contributed by atoms with Crippen molar-refractivity contribution in [1.29, 1.82) is 0 Å². The molecule has 1 fully saturated rings. The van der Waals surface area contributed by atoms with E-state index < -0.39 is 12.2 Å². The number of H-pyrrole nitrogens is 1. The van der Waals surface area contributed by atoms with Crippen LogP contribution < -0.4 is 5.56 Å². The maximum Gasteiger partial charge on any atom is 0.254 e. The van der Waals surface area contributed by atoms with Crippen molar-refractivity contribution >= 4 is 5.91 Å². The second-order valence-corrected chi connectivity index (χ2v) is 5.15. The van der Waals surface area contributed by atoms with Gasteiger partial charge in [-0.05, 0) is 20.3 Å². The molecule has 2 unspecified atom stereocenters. The van der Waals surface area contributed by atoms with Crippen LogP contribution in [0.15, 0.2) is 4.79 Å². The second kappa shape index (κ2) is 5.72. The fourth-order valence-corrected chi connectivity index (χ4v) is 2.41. The number of aliphatic hydroxyl groups is 2. The molecule has 2 rings (SSSR count). The Hall–Kier alpha value is -1.73. The number of aromatic nitrogens is 2. The van der Waals surface area contributed by atoms with Crippen molar-refractivity contribution in [1.82, 2.24) is 14.9 Å². The van der Waals surface area contributed by atoms with Gasteiger partial charge in [0.1, 0.15) is 5.82 Å². The normalized spacial score (nSPS) is 22.3. The molecular formula is C13H19N3O4. The van der Waals surface area contributed by atoms with Crippen LogP contribution in [-0.4, -0.2) is 56.3 Å². The molecule has 1 aromatic rings. The van der Waals surface area contributed by atoms with Gasteiger partial charge in [0.05, 0.1) is 12.2 Å². The summed E-state index contributed by atoms with van der Waals surface area (Å²) in [5.41, 5.74) is 0.911. The maximum absolute atomic E-state index is 12.0. The van der Waals surface area contributed by atoms with Gasteiger partial charge in [-0.1, -0.05) is 0 Å². The van der Waals surface area contributed by atoms with E-state index in [1.807, 2.05) is 0 Å². The largest absolute Gasteiger partial charge is 0.388 e. The molecule has 7 nitrogen and oxygen atoms in total. The molecule has 0 aromatic carbocycles. The molecule has 1 saturated heterocycles. The number of rotatable bonds is 3. The van der Waals surface area contributed by atoms with Crippen LogP contribution in [0.5, 0.6) is 0 Å². The van der Waals surface area contributed by atoms with Gasteiger partial charge in [0, 0.05) is 30.8 Å². The van der Waals surface area contributed by atoms with Crippen LogP contribution in [0, 0.1) is 13.8 Å². The van der Waals surface area contributed by atoms with Gasteiger partial charge in [-0.2, -0.15) is 0 Å². The number of β-amino-alcohol motifs (C(OH)–C–C–N with tert-alkyl or cyclic N) is 2. The minimum absolute atomic E-state index is 0.140. The van der Waals surface area contributed by atoms with Crippen LogP contribution in [0.3, 0.4) is 0 Å². The zero-order valence-electron chi connectivity index (χ0n) is 11.6. The van der Waals surface area contributed by atoms with E-state index >= 15 is 0 Å². The number of likely N-dealkylation sites (tertiary alicyclic amines) is 1. The van der Waals surface area contributed by atoms with E-state index in [4.69, 9.17) is 0 Å². The Morgan fingerprint density at radius 3 is 2.50 bits per heavy atom. The lowest BCUT2D eigenvalue weighted by molar-refractivity contribution is -0.130. The third-order valence-corrected chi connectivity index (χ3v) is 3.54. The molecule has 1 amide bonds. The fraction of sp³-hybridized carbons (Fsp3) is 0.615. The smallest absolute Gasteiger partial charge is 0.254 e. The number of aromatic amines is 1. The first-order valence-corrected chi connectivity index (χ1v) is 6.58. The molecule has 2 heterocycles. The summed E-state index contributed by atoms with van der Waals surface area (Å²) in [5, 5.41) is 18.8. The van der Waals surface area contributed by atoms with Crippen molar-refractivity contribution in [2.24, 2.45) is 0 Å². The van der Waals surface area contributed by atoms with E-state index in [0.717, 1.165) is 0 Å². The van der Waals surface area contributed by atoms with Crippen LogP contribution in [-0.2, 0) is 11.2 Å². The monoisotopic (exact) mass is 281 g/mol. The van der Waals surface area contributed by atoms with Gasteiger partial charge in [-0.25, -0.2) is 4.98 Å². The molecule has 1 aliphatic rings. The Morgan fingerprint density at radius 2 is 1.95 bits per heavy atom. The number of nitrogens with one attached hydrogen (secondary N) is 1. The van der Waals surface area contributed by atoms with Gasteiger partial charge in [-0.3, -0.25) is 9.59 Å². The average molecular weight is 281 g/mol. The van der Waals surface area contributed by atoms with Crippen molar-refractivity contribution in [2.45, 2.75) is 38.9 Å². The van der Waals surface area contributed by atoms with E-state index in [-0.39, 0.29) is 31.0 Å². The molecule has 2 atom stereocenters. The SMILES string of the molecule is Cc1nc(C)c(CCC(=O)N2CC(O)C(O)C2)c(=O)[nH]1. The molecule has 7 heteroatoms. The van der Waals surface area contributed by atoms with Crippen LogP contribution in [0.25, 0.3) is 0 Å². The quantitative estimate of drug-likeness (QED) is 0.651. The molecular weight excluding hydrogens is 262 g/mol. The number of aliphatic hydroxyl groups excluding tert-OH is 2. The highest BCUT2D eigenvalue weighted by molar-refractivity contribution is 5.77. The lowest BCUT2D eigenvalue weighted by Crippen LogP contribution is -2.30. The van der Waals surface area contributed by atoms with Crippen molar-refractivity contribution < 1.29 is 15.0 Å². The number of aryl methyl sites for hydroxylation is 2. The Morgan fingerprint density at radius 1 is 1.35 bits per heavy atom. The molecule has 0 aliphatic carbocycles. The van der Waals surface area contributed by atoms with Crippen molar-refractivity contribution in [3.8, 4) is 0 Å². The van der Waals surface area contributed by atoms with Crippen LogP contribution in [0.4, 0.5) is 0 Å². The fourth-order valence-electron chi connectivity index (χ4n) is 2.41. The van der Waals surface area contributed by atoms with Gasteiger partial charge >= 0.3 is 0 Å². The number of carbonyl (C=O) groups is 1. The van der Waals surface area contributed by atoms with Crippen LogP contribution in [0.2, 0.25) is 0 Å². The molecule has 0 radical (unpaired) electrons. The van der Waals surface area contributed by atoms with E-state index in [2.05, 4.69) is 9.97 Å². The van der Waals surface area contributed by atoms with Crippen molar-refractivity contribution in [2.75, 3.05) is 13.1 Å². The number of amides is 1. The number of hydrogen-bond donors (Lipinski definition) is 3. The molecule has 1 aromatic heterocycles. The summed E-state index contributed by atoms with van der Waals surface area (Å²) in [6, 6.07) is 0. The number of carbonyl (C=O) groups excluding carboxylic acids is 1. The highest BCUT2D eigenvalue weighted by atomic mass is 16.3. The summed E-state index contributed by atoms with van der Waals surface area (Å²) >= 11 is 0. The molecule has 0 spiro atoms. The van der Waals surface area contributed by atoms with Gasteiger partial charge in [0.15, 0.2) is 0 Å². The van der Waals surface area contributed by atoms with Crippen molar-refractivity contribution in [3.05, 3.63) is 27.4 Å².